The summed E-state index contributed by atoms with van der Waals surface area (Å²) in [4.78, 5) is 13.0. The van der Waals surface area contributed by atoms with Crippen molar-refractivity contribution in [3.8, 4) is 0 Å². The largest absolute Gasteiger partial charge is 0.803 e. The maximum atomic E-state index is 12.2. The van der Waals surface area contributed by atoms with Gasteiger partial charge in [0.1, 0.15) is 0 Å². The highest BCUT2D eigenvalue weighted by Gasteiger charge is 2.16. The summed E-state index contributed by atoms with van der Waals surface area (Å²) in [6, 6.07) is 8.61. The van der Waals surface area contributed by atoms with E-state index in [4.69, 9.17) is 11.6 Å². The zero-order valence-corrected chi connectivity index (χ0v) is 15.0. The summed E-state index contributed by atoms with van der Waals surface area (Å²) in [6.07, 6.45) is 2.02. The van der Waals surface area contributed by atoms with Gasteiger partial charge < -0.3 is 15.8 Å². The lowest BCUT2D eigenvalue weighted by molar-refractivity contribution is -0.111. The van der Waals surface area contributed by atoms with Crippen LogP contribution in [0.5, 0.6) is 0 Å². The van der Waals surface area contributed by atoms with E-state index in [9.17, 15) is 15.3 Å². The molecule has 0 aliphatic carbocycles. The fourth-order valence-corrected chi connectivity index (χ4v) is 4.83. The van der Waals surface area contributed by atoms with Crippen molar-refractivity contribution >= 4 is 52.0 Å². The number of hydrogen-bond acceptors (Lipinski definition) is 4. The second kappa shape index (κ2) is 7.53. The number of benzene rings is 1. The Labute approximate surface area is 153 Å². The Hall–Kier alpha value is -1.60. The number of carbonyl (C=O) groups is 1. The molecular weight excluding hydrogens is 364 g/mol. The Kier molecular flexibility index (Phi) is 5.40. The molecule has 0 fully saturated rings. The number of anilines is 1. The van der Waals surface area contributed by atoms with Crippen LogP contribution in [0.1, 0.15) is 16.9 Å². The van der Waals surface area contributed by atoms with Crippen molar-refractivity contribution in [1.82, 2.24) is 0 Å². The second-order valence-electron chi connectivity index (χ2n) is 5.18. The molecule has 1 aromatic carbocycles. The fourth-order valence-electron chi connectivity index (χ4n) is 2.33. The third-order valence-electron chi connectivity index (χ3n) is 3.49. The Balaban J connectivity index is 1.79. The number of aliphatic hydroxyl groups is 1. The Morgan fingerprint density at radius 1 is 1.38 bits per heavy atom. The SMILES string of the molecule is [N-]=C1/C(=C\C(=O)Nc2ccc(Cl)cc2)CCSc2sc(CO)cc21. The first-order chi connectivity index (χ1) is 11.6. The quantitative estimate of drug-likeness (QED) is 0.783. The Bertz CT molecular complexity index is 812. The van der Waals surface area contributed by atoms with Crippen molar-refractivity contribution in [2.24, 2.45) is 0 Å². The molecule has 2 aromatic rings. The van der Waals surface area contributed by atoms with Gasteiger partial charge in [0, 0.05) is 27.4 Å². The molecule has 0 radical (unpaired) electrons. The van der Waals surface area contributed by atoms with Crippen molar-refractivity contribution < 1.29 is 9.90 Å². The molecule has 0 bridgehead atoms. The molecule has 24 heavy (non-hydrogen) atoms. The van der Waals surface area contributed by atoms with Gasteiger partial charge >= 0.3 is 0 Å². The minimum absolute atomic E-state index is 0.0540. The van der Waals surface area contributed by atoms with Gasteiger partial charge in [-0.15, -0.1) is 28.8 Å². The summed E-state index contributed by atoms with van der Waals surface area (Å²) in [6.45, 7) is -0.0540. The zero-order chi connectivity index (χ0) is 17.1. The highest BCUT2D eigenvalue weighted by Crippen LogP contribution is 2.37. The lowest BCUT2D eigenvalue weighted by Crippen LogP contribution is -2.12. The number of aliphatic hydroxyl groups excluding tert-OH is 1. The van der Waals surface area contributed by atoms with Gasteiger partial charge in [0.25, 0.3) is 0 Å². The number of thioether (sulfide) groups is 1. The Morgan fingerprint density at radius 2 is 2.12 bits per heavy atom. The molecule has 1 aliphatic heterocycles. The highest BCUT2D eigenvalue weighted by atomic mass is 35.5. The molecule has 0 saturated heterocycles. The van der Waals surface area contributed by atoms with Gasteiger partial charge in [-0.25, -0.2) is 0 Å². The maximum absolute atomic E-state index is 12.2. The van der Waals surface area contributed by atoms with Crippen LogP contribution in [-0.4, -0.2) is 22.5 Å². The van der Waals surface area contributed by atoms with E-state index in [2.05, 4.69) is 5.32 Å². The third-order valence-corrected chi connectivity index (χ3v) is 6.15. The van der Waals surface area contributed by atoms with E-state index in [1.54, 1.807) is 42.1 Å². The van der Waals surface area contributed by atoms with E-state index in [1.165, 1.54) is 17.4 Å². The lowest BCUT2D eigenvalue weighted by atomic mass is 10.0. The van der Waals surface area contributed by atoms with Gasteiger partial charge in [0.15, 0.2) is 0 Å². The molecule has 4 nitrogen and oxygen atoms in total. The predicted molar refractivity (Wildman–Crippen MR) is 101 cm³/mol. The monoisotopic (exact) mass is 377 g/mol. The number of nitrogens with one attached hydrogen (secondary N) is 1. The molecule has 1 aliphatic rings. The van der Waals surface area contributed by atoms with Crippen LogP contribution in [0.25, 0.3) is 5.41 Å². The maximum Gasteiger partial charge on any atom is 0.248 e. The van der Waals surface area contributed by atoms with E-state index >= 15 is 0 Å². The van der Waals surface area contributed by atoms with E-state index in [-0.39, 0.29) is 18.2 Å². The van der Waals surface area contributed by atoms with E-state index in [0.717, 1.165) is 14.8 Å². The molecule has 1 amide bonds. The minimum atomic E-state index is -0.301. The molecule has 124 valence electrons. The van der Waals surface area contributed by atoms with Gasteiger partial charge in [-0.1, -0.05) is 17.2 Å². The number of hydrogen-bond donors (Lipinski definition) is 2. The van der Waals surface area contributed by atoms with Crippen LogP contribution in [0.15, 0.2) is 46.2 Å². The molecule has 2 heterocycles. The topological polar surface area (TPSA) is 71.6 Å². The average molecular weight is 378 g/mol. The molecule has 0 unspecified atom stereocenters. The number of nitrogens with zero attached hydrogens (tertiary/aromatic N) is 1. The van der Waals surface area contributed by atoms with Gasteiger partial charge in [0.05, 0.1) is 10.8 Å². The Morgan fingerprint density at radius 3 is 2.83 bits per heavy atom. The summed E-state index contributed by atoms with van der Waals surface area (Å²) < 4.78 is 0.970. The smallest absolute Gasteiger partial charge is 0.248 e. The molecule has 0 atom stereocenters. The lowest BCUT2D eigenvalue weighted by Gasteiger charge is -2.14. The van der Waals surface area contributed by atoms with Gasteiger partial charge in [-0.3, -0.25) is 4.79 Å². The molecule has 2 N–H and O–H groups in total. The van der Waals surface area contributed by atoms with Crippen molar-refractivity contribution in [2.75, 3.05) is 11.1 Å². The fraction of sp³-hybridized carbons (Fsp3) is 0.176. The first-order valence-electron chi connectivity index (χ1n) is 7.27. The number of rotatable bonds is 3. The van der Waals surface area contributed by atoms with Crippen molar-refractivity contribution in [1.29, 1.82) is 0 Å². The van der Waals surface area contributed by atoms with Gasteiger partial charge in [0.2, 0.25) is 5.91 Å². The second-order valence-corrected chi connectivity index (χ2v) is 8.12. The van der Waals surface area contributed by atoms with Crippen molar-refractivity contribution in [2.45, 2.75) is 17.2 Å². The van der Waals surface area contributed by atoms with Crippen molar-refractivity contribution in [3.05, 3.63) is 62.9 Å². The summed E-state index contributed by atoms with van der Waals surface area (Å²) in [5.41, 5.74) is 2.03. The third kappa shape index (κ3) is 3.89. The minimum Gasteiger partial charge on any atom is -0.803 e. The number of fused-ring (bicyclic) bond motifs is 1. The molecule has 1 aromatic heterocycles. The number of allylic oxidation sites excluding steroid dienone is 1. The highest BCUT2D eigenvalue weighted by molar-refractivity contribution is 8.01. The standard InChI is InChI=1S/C17H14ClN2O2S2/c18-11-1-3-12(4-2-11)20-15(22)7-10-5-6-23-17-14(16(10)19)8-13(9-21)24-17/h1-4,7-8,21H,5-6,9H2,(H,20,22)/q-1/b10-7-. The van der Waals surface area contributed by atoms with Crippen LogP contribution in [0, 0.1) is 0 Å². The first-order valence-corrected chi connectivity index (χ1v) is 9.45. The number of thiophene rings is 1. The van der Waals surface area contributed by atoms with Gasteiger partial charge in [-0.2, -0.15) is 0 Å². The number of halogens is 1. The zero-order valence-electron chi connectivity index (χ0n) is 12.6. The molecule has 3 rings (SSSR count). The van der Waals surface area contributed by atoms with Crippen LogP contribution in [-0.2, 0) is 11.4 Å². The van der Waals surface area contributed by atoms with E-state index < -0.39 is 0 Å². The molecule has 7 heteroatoms. The molecular formula is C17H14ClN2O2S2-. The molecule has 0 spiro atoms. The van der Waals surface area contributed by atoms with Gasteiger partial charge in [-0.05, 0) is 42.3 Å². The van der Waals surface area contributed by atoms with Crippen LogP contribution < -0.4 is 5.32 Å². The predicted octanol–water partition coefficient (Wildman–Crippen LogP) is 4.31. The van der Waals surface area contributed by atoms with Crippen LogP contribution in [0.2, 0.25) is 5.02 Å². The summed E-state index contributed by atoms with van der Waals surface area (Å²) in [5.74, 6) is 0.465. The summed E-state index contributed by atoms with van der Waals surface area (Å²) >= 11 is 8.92. The van der Waals surface area contributed by atoms with Crippen molar-refractivity contribution in [3.63, 3.8) is 0 Å². The number of amides is 1. The normalized spacial score (nSPS) is 15.9. The first kappa shape index (κ1) is 17.2. The van der Waals surface area contributed by atoms with E-state index in [0.29, 0.717) is 28.3 Å². The van der Waals surface area contributed by atoms with Crippen LogP contribution >= 0.6 is 34.7 Å². The number of carbonyl (C=O) groups excluding carboxylic acids is 1. The van der Waals surface area contributed by atoms with Crippen LogP contribution in [0.3, 0.4) is 0 Å². The van der Waals surface area contributed by atoms with E-state index in [1.807, 2.05) is 0 Å². The summed E-state index contributed by atoms with van der Waals surface area (Å²) in [7, 11) is 0. The van der Waals surface area contributed by atoms with Crippen LogP contribution in [0.4, 0.5) is 5.69 Å². The molecule has 0 saturated carbocycles. The average Bonchev–Trinajstić information content (AvgIpc) is 2.93. The summed E-state index contributed by atoms with van der Waals surface area (Å²) in [5, 5.41) is 23.1.